The number of amides is 2. The molecule has 0 aromatic heterocycles. The second-order valence-corrected chi connectivity index (χ2v) is 6.42. The summed E-state index contributed by atoms with van der Waals surface area (Å²) >= 11 is 7.20. The number of carbonyl (C=O) groups excluding carboxylic acids is 2. The fourth-order valence-electron chi connectivity index (χ4n) is 1.88. The average Bonchev–Trinajstić information content (AvgIpc) is 2.63. The average molecular weight is 297 g/mol. The minimum Gasteiger partial charge on any atom is -0.404 e. The molecule has 1 aromatic rings. The molecule has 0 spiro atoms. The number of alkyl halides is 1. The first-order valence-electron chi connectivity index (χ1n) is 5.71. The summed E-state index contributed by atoms with van der Waals surface area (Å²) in [5.41, 5.74) is 6.38. The Balaban J connectivity index is 2.20. The first kappa shape index (κ1) is 14.0. The lowest BCUT2D eigenvalue weighted by atomic mass is 10.1. The molecule has 6 heteroatoms. The lowest BCUT2D eigenvalue weighted by molar-refractivity contribution is 0.0671. The molecule has 0 radical (unpaired) electrons. The van der Waals surface area contributed by atoms with Crippen molar-refractivity contribution in [1.29, 1.82) is 0 Å². The maximum Gasteiger partial charge on any atom is 0.261 e. The van der Waals surface area contributed by atoms with E-state index < -0.39 is 0 Å². The van der Waals surface area contributed by atoms with Gasteiger partial charge in [0, 0.05) is 11.1 Å². The molecule has 1 heterocycles. The SMILES string of the molecule is CC(Cl)S/C(=C\N)CN1C(=O)c2ccccc2C1=O. The van der Waals surface area contributed by atoms with Gasteiger partial charge < -0.3 is 5.73 Å². The van der Waals surface area contributed by atoms with Crippen molar-refractivity contribution in [3.63, 3.8) is 0 Å². The van der Waals surface area contributed by atoms with Gasteiger partial charge >= 0.3 is 0 Å². The number of thioether (sulfide) groups is 1. The van der Waals surface area contributed by atoms with Crippen molar-refractivity contribution in [3.05, 3.63) is 46.5 Å². The molecule has 2 N–H and O–H groups in total. The third-order valence-electron chi connectivity index (χ3n) is 2.69. The van der Waals surface area contributed by atoms with E-state index in [4.69, 9.17) is 17.3 Å². The van der Waals surface area contributed by atoms with E-state index in [0.29, 0.717) is 16.0 Å². The minimum absolute atomic E-state index is 0.157. The zero-order valence-corrected chi connectivity index (χ0v) is 11.9. The highest BCUT2D eigenvalue weighted by atomic mass is 35.5. The van der Waals surface area contributed by atoms with Gasteiger partial charge in [-0.05, 0) is 19.1 Å². The van der Waals surface area contributed by atoms with Crippen molar-refractivity contribution in [1.82, 2.24) is 4.90 Å². The molecule has 0 fully saturated rings. The molecule has 1 atom stereocenters. The summed E-state index contributed by atoms with van der Waals surface area (Å²) in [6.07, 6.45) is 1.38. The van der Waals surface area contributed by atoms with Crippen molar-refractivity contribution in [2.75, 3.05) is 6.54 Å². The van der Waals surface area contributed by atoms with Crippen LogP contribution in [0.4, 0.5) is 0 Å². The molecule has 0 saturated carbocycles. The monoisotopic (exact) mass is 296 g/mol. The first-order chi connectivity index (χ1) is 9.04. The molecule has 19 heavy (non-hydrogen) atoms. The van der Waals surface area contributed by atoms with Crippen LogP contribution in [0, 0.1) is 0 Å². The summed E-state index contributed by atoms with van der Waals surface area (Å²) in [7, 11) is 0. The van der Waals surface area contributed by atoms with Gasteiger partial charge in [0.2, 0.25) is 0 Å². The van der Waals surface area contributed by atoms with Crippen molar-refractivity contribution in [2.24, 2.45) is 5.73 Å². The van der Waals surface area contributed by atoms with E-state index in [2.05, 4.69) is 0 Å². The number of halogens is 1. The molecule has 2 rings (SSSR count). The van der Waals surface area contributed by atoms with E-state index in [-0.39, 0.29) is 23.1 Å². The lowest BCUT2D eigenvalue weighted by Crippen LogP contribution is -2.31. The number of carbonyl (C=O) groups is 2. The van der Waals surface area contributed by atoms with E-state index in [1.54, 1.807) is 31.2 Å². The molecular formula is C13H13ClN2O2S. The largest absolute Gasteiger partial charge is 0.404 e. The second-order valence-electron chi connectivity index (χ2n) is 4.04. The number of fused-ring (bicyclic) bond motifs is 1. The number of hydrogen-bond acceptors (Lipinski definition) is 4. The van der Waals surface area contributed by atoms with Crippen molar-refractivity contribution in [2.45, 2.75) is 11.6 Å². The molecular weight excluding hydrogens is 284 g/mol. The Kier molecular flexibility index (Phi) is 4.17. The molecule has 100 valence electrons. The van der Waals surface area contributed by atoms with E-state index >= 15 is 0 Å². The van der Waals surface area contributed by atoms with E-state index in [0.717, 1.165) is 0 Å². The van der Waals surface area contributed by atoms with Gasteiger partial charge in [-0.1, -0.05) is 12.1 Å². The summed E-state index contributed by atoms with van der Waals surface area (Å²) in [6.45, 7) is 1.96. The Hall–Kier alpha value is -1.46. The highest BCUT2D eigenvalue weighted by Gasteiger charge is 2.35. The van der Waals surface area contributed by atoms with E-state index in [9.17, 15) is 9.59 Å². The van der Waals surface area contributed by atoms with Gasteiger partial charge in [-0.2, -0.15) is 0 Å². The van der Waals surface area contributed by atoms with E-state index in [1.807, 2.05) is 0 Å². The van der Waals surface area contributed by atoms with E-state index in [1.165, 1.54) is 22.9 Å². The zero-order chi connectivity index (χ0) is 14.0. The van der Waals surface area contributed by atoms with Crippen molar-refractivity contribution < 1.29 is 9.59 Å². The second kappa shape index (κ2) is 5.67. The maximum atomic E-state index is 12.1. The standard InChI is InChI=1S/C13H13ClN2O2S/c1-8(14)19-9(6-15)7-16-12(17)10-4-2-3-5-11(10)13(16)18/h2-6,8H,7,15H2,1H3/b9-6-. The Bertz CT molecular complexity index is 522. The van der Waals surface area contributed by atoms with Crippen molar-refractivity contribution >= 4 is 35.2 Å². The van der Waals surface area contributed by atoms with Crippen LogP contribution in [0.25, 0.3) is 0 Å². The van der Waals surface area contributed by atoms with Gasteiger partial charge in [-0.3, -0.25) is 14.5 Å². The third kappa shape index (κ3) is 2.77. The lowest BCUT2D eigenvalue weighted by Gasteiger charge is -2.16. The van der Waals surface area contributed by atoms with Crippen LogP contribution in [0.3, 0.4) is 0 Å². The summed E-state index contributed by atoms with van der Waals surface area (Å²) in [6, 6.07) is 6.78. The number of imide groups is 1. The van der Waals surface area contributed by atoms with Gasteiger partial charge in [-0.15, -0.1) is 23.4 Å². The molecule has 0 bridgehead atoms. The Morgan fingerprint density at radius 1 is 1.37 bits per heavy atom. The summed E-state index contributed by atoms with van der Waals surface area (Å²) in [5.74, 6) is -0.578. The van der Waals surface area contributed by atoms with Crippen LogP contribution >= 0.6 is 23.4 Å². The van der Waals surface area contributed by atoms with Gasteiger partial charge in [0.15, 0.2) is 0 Å². The van der Waals surface area contributed by atoms with Crippen LogP contribution in [0.1, 0.15) is 27.6 Å². The fourth-order valence-corrected chi connectivity index (χ4v) is 2.92. The van der Waals surface area contributed by atoms with Crippen LogP contribution in [0.2, 0.25) is 0 Å². The molecule has 1 unspecified atom stereocenters. The maximum absolute atomic E-state index is 12.1. The number of hydrogen-bond donors (Lipinski definition) is 1. The molecule has 2 amide bonds. The van der Waals surface area contributed by atoms with Gasteiger partial charge in [0.05, 0.1) is 22.4 Å². The third-order valence-corrected chi connectivity index (χ3v) is 3.85. The van der Waals surface area contributed by atoms with Crippen LogP contribution in [-0.4, -0.2) is 28.0 Å². The Morgan fingerprint density at radius 2 is 1.89 bits per heavy atom. The molecule has 1 aliphatic rings. The first-order valence-corrected chi connectivity index (χ1v) is 7.03. The number of nitrogens with zero attached hydrogens (tertiary/aromatic N) is 1. The highest BCUT2D eigenvalue weighted by molar-refractivity contribution is 8.04. The fraction of sp³-hybridized carbons (Fsp3) is 0.231. The minimum atomic E-state index is -0.289. The quantitative estimate of drug-likeness (QED) is 0.684. The highest BCUT2D eigenvalue weighted by Crippen LogP contribution is 2.28. The van der Waals surface area contributed by atoms with Gasteiger partial charge in [0.25, 0.3) is 11.8 Å². The zero-order valence-electron chi connectivity index (χ0n) is 10.3. The smallest absolute Gasteiger partial charge is 0.261 e. The molecule has 1 aromatic carbocycles. The number of nitrogens with two attached hydrogens (primary N) is 1. The predicted octanol–water partition coefficient (Wildman–Crippen LogP) is 2.40. The van der Waals surface area contributed by atoms with Gasteiger partial charge in [0.1, 0.15) is 0 Å². The summed E-state index contributed by atoms with van der Waals surface area (Å²) in [5, 5.41) is 0. The normalized spacial score (nSPS) is 16.7. The predicted molar refractivity (Wildman–Crippen MR) is 77.0 cm³/mol. The number of rotatable bonds is 4. The number of benzene rings is 1. The topological polar surface area (TPSA) is 63.4 Å². The van der Waals surface area contributed by atoms with Crippen LogP contribution < -0.4 is 5.73 Å². The Morgan fingerprint density at radius 3 is 2.32 bits per heavy atom. The molecule has 4 nitrogen and oxygen atoms in total. The molecule has 1 aliphatic heterocycles. The van der Waals surface area contributed by atoms with Crippen LogP contribution in [-0.2, 0) is 0 Å². The van der Waals surface area contributed by atoms with Crippen LogP contribution in [0.5, 0.6) is 0 Å². The summed E-state index contributed by atoms with van der Waals surface area (Å²) < 4.78 is -0.176. The molecule has 0 saturated heterocycles. The molecule has 0 aliphatic carbocycles. The summed E-state index contributed by atoms with van der Waals surface area (Å²) in [4.78, 5) is 26.2. The van der Waals surface area contributed by atoms with Crippen LogP contribution in [0.15, 0.2) is 35.4 Å². The van der Waals surface area contributed by atoms with Gasteiger partial charge in [-0.25, -0.2) is 0 Å². The van der Waals surface area contributed by atoms with Crippen molar-refractivity contribution in [3.8, 4) is 0 Å². The Labute approximate surface area is 120 Å².